The van der Waals surface area contributed by atoms with Gasteiger partial charge in [0, 0.05) is 0 Å². The molecule has 0 spiro atoms. The minimum absolute atomic E-state index is 0.0302. The van der Waals surface area contributed by atoms with Crippen LogP contribution in [0.1, 0.15) is 30.5 Å². The van der Waals surface area contributed by atoms with Crippen molar-refractivity contribution in [3.63, 3.8) is 0 Å². The predicted octanol–water partition coefficient (Wildman–Crippen LogP) is 3.66. The topological polar surface area (TPSA) is 96.7 Å². The molecule has 32 heavy (non-hydrogen) atoms. The van der Waals surface area contributed by atoms with Gasteiger partial charge in [0.1, 0.15) is 11.3 Å². The smallest absolute Gasteiger partial charge is 0.416 e. The Labute approximate surface area is 180 Å². The molecule has 1 heterocycles. The number of rotatable bonds is 6. The van der Waals surface area contributed by atoms with E-state index in [1.54, 1.807) is 31.2 Å². The summed E-state index contributed by atoms with van der Waals surface area (Å²) in [4.78, 5) is 31.2. The van der Waals surface area contributed by atoms with Crippen molar-refractivity contribution in [2.75, 3.05) is 6.61 Å². The number of hydrogen-bond donors (Lipinski definition) is 2. The second kappa shape index (κ2) is 9.13. The van der Waals surface area contributed by atoms with Crippen molar-refractivity contribution in [3.8, 4) is 17.3 Å². The molecule has 0 bridgehead atoms. The van der Waals surface area contributed by atoms with Gasteiger partial charge in [0.15, 0.2) is 0 Å². The van der Waals surface area contributed by atoms with Crippen molar-refractivity contribution in [2.45, 2.75) is 26.6 Å². The van der Waals surface area contributed by atoms with E-state index in [1.165, 1.54) is 19.1 Å². The van der Waals surface area contributed by atoms with Gasteiger partial charge in [0.2, 0.25) is 5.88 Å². The molecular formula is C22H20F3N3O4. The van der Waals surface area contributed by atoms with Crippen molar-refractivity contribution >= 4 is 5.71 Å². The average molecular weight is 447 g/mol. The summed E-state index contributed by atoms with van der Waals surface area (Å²) in [5, 5.41) is 10.8. The zero-order valence-electron chi connectivity index (χ0n) is 17.2. The maximum absolute atomic E-state index is 12.7. The molecule has 0 saturated carbocycles. The minimum atomic E-state index is -4.44. The summed E-state index contributed by atoms with van der Waals surface area (Å²) in [5.41, 5.74) is -1.91. The molecule has 0 unspecified atom stereocenters. The van der Waals surface area contributed by atoms with Crippen molar-refractivity contribution in [3.05, 3.63) is 86.1 Å². The number of nitrogens with one attached hydrogen (secondary N) is 1. The molecule has 3 aromatic rings. The Morgan fingerprint density at radius 2 is 1.78 bits per heavy atom. The number of aliphatic imine (C=N–C) groups is 1. The molecule has 0 saturated heterocycles. The van der Waals surface area contributed by atoms with E-state index in [9.17, 15) is 27.9 Å². The highest BCUT2D eigenvalue weighted by Gasteiger charge is 2.29. The van der Waals surface area contributed by atoms with Crippen LogP contribution < -0.4 is 16.0 Å². The maximum Gasteiger partial charge on any atom is 0.416 e. The minimum Gasteiger partial charge on any atom is -0.493 e. The van der Waals surface area contributed by atoms with Crippen LogP contribution in [0.2, 0.25) is 0 Å². The van der Waals surface area contributed by atoms with E-state index in [2.05, 4.69) is 9.98 Å². The van der Waals surface area contributed by atoms with Crippen molar-refractivity contribution in [1.29, 1.82) is 0 Å². The quantitative estimate of drug-likeness (QED) is 0.564. The fraction of sp³-hybridized carbons (Fsp3) is 0.227. The Balaban J connectivity index is 2.01. The molecule has 7 nitrogen and oxygen atoms in total. The maximum atomic E-state index is 12.7. The Bertz CT molecular complexity index is 1260. The molecule has 0 aliphatic carbocycles. The third-order valence-corrected chi connectivity index (χ3v) is 4.63. The van der Waals surface area contributed by atoms with E-state index in [-0.39, 0.29) is 23.5 Å². The summed E-state index contributed by atoms with van der Waals surface area (Å²) in [7, 11) is 0. The number of hydrogen-bond acceptors (Lipinski definition) is 5. The summed E-state index contributed by atoms with van der Waals surface area (Å²) in [6, 6.07) is 10.9. The fourth-order valence-electron chi connectivity index (χ4n) is 3.08. The monoisotopic (exact) mass is 447 g/mol. The zero-order chi connectivity index (χ0) is 23.5. The molecule has 2 N–H and O–H groups in total. The predicted molar refractivity (Wildman–Crippen MR) is 113 cm³/mol. The number of ether oxygens (including phenoxy) is 1. The summed E-state index contributed by atoms with van der Waals surface area (Å²) in [6.07, 6.45) is -4.44. The number of para-hydroxylation sites is 2. The Hall–Kier alpha value is -3.82. The van der Waals surface area contributed by atoms with Crippen LogP contribution >= 0.6 is 0 Å². The molecule has 3 rings (SSSR count). The van der Waals surface area contributed by atoms with Crippen LogP contribution in [0.25, 0.3) is 5.69 Å². The second-order valence-electron chi connectivity index (χ2n) is 6.79. The standard InChI is InChI=1S/C22H20F3N3O4/c1-3-32-17-7-5-4-6-16(17)28-20(30)18(19(29)27-21(28)31)13(2)26-12-14-8-10-15(11-9-14)22(23,24)25/h4-11,30H,3,12H2,1-2H3,(H,27,29,31). The first-order valence-corrected chi connectivity index (χ1v) is 9.61. The molecular weight excluding hydrogens is 427 g/mol. The first-order valence-electron chi connectivity index (χ1n) is 9.61. The molecule has 0 radical (unpaired) electrons. The van der Waals surface area contributed by atoms with Crippen LogP contribution in [-0.2, 0) is 12.7 Å². The van der Waals surface area contributed by atoms with Gasteiger partial charge >= 0.3 is 11.9 Å². The van der Waals surface area contributed by atoms with Gasteiger partial charge in [-0.15, -0.1) is 0 Å². The molecule has 0 aliphatic rings. The SMILES string of the molecule is CCOc1ccccc1-n1c(O)c(C(C)=NCc2ccc(C(F)(F)F)cc2)c(=O)[nH]c1=O. The average Bonchev–Trinajstić information content (AvgIpc) is 2.73. The van der Waals surface area contributed by atoms with Crippen LogP contribution in [0.3, 0.4) is 0 Å². The number of alkyl halides is 3. The van der Waals surface area contributed by atoms with Crippen molar-refractivity contribution < 1.29 is 23.0 Å². The summed E-state index contributed by atoms with van der Waals surface area (Å²) < 4.78 is 44.5. The lowest BCUT2D eigenvalue weighted by atomic mass is 10.1. The van der Waals surface area contributed by atoms with Gasteiger partial charge in [0.05, 0.1) is 30.1 Å². The van der Waals surface area contributed by atoms with E-state index >= 15 is 0 Å². The number of nitrogens with zero attached hydrogens (tertiary/aromatic N) is 2. The van der Waals surface area contributed by atoms with Crippen LogP contribution in [-0.4, -0.2) is 27.0 Å². The third-order valence-electron chi connectivity index (χ3n) is 4.63. The Kier molecular flexibility index (Phi) is 6.52. The number of halogens is 3. The van der Waals surface area contributed by atoms with Gasteiger partial charge in [-0.05, 0) is 43.7 Å². The molecule has 2 aromatic carbocycles. The summed E-state index contributed by atoms with van der Waals surface area (Å²) >= 11 is 0. The Morgan fingerprint density at radius 1 is 1.12 bits per heavy atom. The van der Waals surface area contributed by atoms with Gasteiger partial charge < -0.3 is 9.84 Å². The normalized spacial score (nSPS) is 12.1. The highest BCUT2D eigenvalue weighted by Crippen LogP contribution is 2.29. The number of benzene rings is 2. The number of H-pyrrole nitrogens is 1. The first kappa shape index (κ1) is 22.9. The summed E-state index contributed by atoms with van der Waals surface area (Å²) in [6.45, 7) is 3.50. The van der Waals surface area contributed by atoms with E-state index in [0.717, 1.165) is 16.7 Å². The summed E-state index contributed by atoms with van der Waals surface area (Å²) in [5.74, 6) is -0.302. The van der Waals surface area contributed by atoms with E-state index in [4.69, 9.17) is 4.74 Å². The van der Waals surface area contributed by atoms with Crippen molar-refractivity contribution in [2.24, 2.45) is 4.99 Å². The van der Waals surface area contributed by atoms with Crippen LogP contribution in [0.15, 0.2) is 63.1 Å². The molecule has 1 aromatic heterocycles. The lowest BCUT2D eigenvalue weighted by Gasteiger charge is -2.15. The molecule has 0 atom stereocenters. The van der Waals surface area contributed by atoms with Gasteiger partial charge in [-0.1, -0.05) is 24.3 Å². The molecule has 10 heteroatoms. The van der Waals surface area contributed by atoms with Crippen molar-refractivity contribution in [1.82, 2.24) is 9.55 Å². The lowest BCUT2D eigenvalue weighted by Crippen LogP contribution is -2.33. The first-order chi connectivity index (χ1) is 15.1. The molecule has 0 aliphatic heterocycles. The second-order valence-corrected chi connectivity index (χ2v) is 6.79. The van der Waals surface area contributed by atoms with Gasteiger partial charge in [-0.2, -0.15) is 13.2 Å². The van der Waals surface area contributed by atoms with E-state index < -0.39 is 28.9 Å². The third kappa shape index (κ3) is 4.74. The van der Waals surface area contributed by atoms with Crippen LogP contribution in [0, 0.1) is 0 Å². The molecule has 0 amide bonds. The zero-order valence-corrected chi connectivity index (χ0v) is 17.2. The number of aromatic amines is 1. The van der Waals surface area contributed by atoms with Gasteiger partial charge in [-0.3, -0.25) is 14.8 Å². The van der Waals surface area contributed by atoms with Gasteiger partial charge in [0.25, 0.3) is 5.56 Å². The van der Waals surface area contributed by atoms with Gasteiger partial charge in [-0.25, -0.2) is 9.36 Å². The fourth-order valence-corrected chi connectivity index (χ4v) is 3.08. The molecule has 0 fully saturated rings. The van der Waals surface area contributed by atoms with E-state index in [1.807, 2.05) is 0 Å². The largest absolute Gasteiger partial charge is 0.493 e. The Morgan fingerprint density at radius 3 is 2.41 bits per heavy atom. The molecule has 168 valence electrons. The van der Waals surface area contributed by atoms with Crippen LogP contribution in [0.5, 0.6) is 11.6 Å². The number of aromatic nitrogens is 2. The van der Waals surface area contributed by atoms with E-state index in [0.29, 0.717) is 17.9 Å². The highest BCUT2D eigenvalue weighted by atomic mass is 19.4. The number of aromatic hydroxyl groups is 1. The highest BCUT2D eigenvalue weighted by molar-refractivity contribution is 6.00. The lowest BCUT2D eigenvalue weighted by molar-refractivity contribution is -0.137. The van der Waals surface area contributed by atoms with Crippen LogP contribution in [0.4, 0.5) is 13.2 Å².